The molecule has 8 fully saturated rings. The van der Waals surface area contributed by atoms with Gasteiger partial charge in [0.1, 0.15) is 0 Å². The van der Waals surface area contributed by atoms with Gasteiger partial charge >= 0.3 is 0 Å². The molecule has 0 aromatic carbocycles. The lowest BCUT2D eigenvalue weighted by Crippen LogP contribution is -2.61. The molecule has 0 amide bonds. The molecule has 24 heavy (non-hydrogen) atoms. The summed E-state index contributed by atoms with van der Waals surface area (Å²) >= 11 is 0. The first-order chi connectivity index (χ1) is 11.7. The smallest absolute Gasteiger partial charge is 0.0845 e. The monoisotopic (exact) mass is 328 g/mol. The van der Waals surface area contributed by atoms with Gasteiger partial charge in [-0.15, -0.1) is 0 Å². The van der Waals surface area contributed by atoms with Crippen LogP contribution in [0.3, 0.4) is 0 Å². The molecule has 0 atom stereocenters. The van der Waals surface area contributed by atoms with Crippen molar-refractivity contribution < 1.29 is 0 Å². The molecule has 132 valence electrons. The molecule has 4 heteroatoms. The molecule has 8 rings (SSSR count). The summed E-state index contributed by atoms with van der Waals surface area (Å²) in [7, 11) is 0. The van der Waals surface area contributed by atoms with Crippen LogP contribution in [0.2, 0.25) is 0 Å². The second-order valence-corrected chi connectivity index (χ2v) is 10.8. The fraction of sp³-hybridized carbons (Fsp3) is 1.00. The van der Waals surface area contributed by atoms with Crippen molar-refractivity contribution in [2.45, 2.75) is 88.1 Å². The van der Waals surface area contributed by atoms with Crippen molar-refractivity contribution in [3.8, 4) is 0 Å². The van der Waals surface area contributed by atoms with Crippen LogP contribution in [0.5, 0.6) is 0 Å². The molecule has 8 aliphatic rings. The summed E-state index contributed by atoms with van der Waals surface area (Å²) in [5.41, 5.74) is 7.40. The Balaban J connectivity index is 1.11. The third kappa shape index (κ3) is 2.28. The van der Waals surface area contributed by atoms with E-state index in [1.807, 2.05) is 0 Å². The standard InChI is InChI=1S/C20H32N4/c1-13-2-15-3-14(1)8-19(7-13,9-15)21-23-24-22-20-10-16-4-17(11-20)6-18(5-16)12-20/h13-18H,1-12H2,(H,21,24)(H,22,23). The van der Waals surface area contributed by atoms with Crippen LogP contribution >= 0.6 is 0 Å². The van der Waals surface area contributed by atoms with Crippen LogP contribution < -0.4 is 11.0 Å². The van der Waals surface area contributed by atoms with E-state index in [-0.39, 0.29) is 5.54 Å². The first-order valence-corrected chi connectivity index (χ1v) is 10.6. The van der Waals surface area contributed by atoms with Crippen LogP contribution in [0.25, 0.3) is 0 Å². The summed E-state index contributed by atoms with van der Waals surface area (Å²) in [6, 6.07) is 0. The van der Waals surface area contributed by atoms with Gasteiger partial charge in [0, 0.05) is 5.54 Å². The molecule has 0 aromatic heterocycles. The lowest BCUT2D eigenvalue weighted by molar-refractivity contribution is -0.0289. The SMILES string of the molecule is C1C2CC3CC1CC(N=NNNC14CC5CC(CC(C5)C1)C4)(C2)C3. The van der Waals surface area contributed by atoms with E-state index in [1.54, 1.807) is 0 Å². The average molecular weight is 329 g/mol. The third-order valence-electron chi connectivity index (χ3n) is 8.68. The average Bonchev–Trinajstić information content (AvgIpc) is 2.49. The molecular weight excluding hydrogens is 296 g/mol. The fourth-order valence-corrected chi connectivity index (χ4v) is 8.73. The highest BCUT2D eigenvalue weighted by Crippen LogP contribution is 2.57. The van der Waals surface area contributed by atoms with Crippen molar-refractivity contribution in [1.29, 1.82) is 0 Å². The molecule has 0 spiro atoms. The maximum atomic E-state index is 4.88. The van der Waals surface area contributed by atoms with Crippen molar-refractivity contribution in [2.24, 2.45) is 45.8 Å². The maximum Gasteiger partial charge on any atom is 0.0845 e. The quantitative estimate of drug-likeness (QED) is 0.594. The van der Waals surface area contributed by atoms with Crippen molar-refractivity contribution in [2.75, 3.05) is 0 Å². The van der Waals surface area contributed by atoms with Crippen LogP contribution in [-0.4, -0.2) is 11.1 Å². The predicted octanol–water partition coefficient (Wildman–Crippen LogP) is 4.39. The Morgan fingerprint density at radius 1 is 0.583 bits per heavy atom. The summed E-state index contributed by atoms with van der Waals surface area (Å²) in [6.45, 7) is 0. The highest BCUT2D eigenvalue weighted by Gasteiger charge is 2.52. The van der Waals surface area contributed by atoms with Gasteiger partial charge < -0.3 is 0 Å². The summed E-state index contributed by atoms with van der Waals surface area (Å²) in [6.07, 6.45) is 16.9. The number of rotatable bonds is 4. The lowest BCUT2D eigenvalue weighted by atomic mass is 9.53. The Morgan fingerprint density at radius 2 is 1.00 bits per heavy atom. The topological polar surface area (TPSA) is 48.8 Å². The zero-order valence-electron chi connectivity index (χ0n) is 14.8. The second kappa shape index (κ2) is 4.96. The molecule has 2 N–H and O–H groups in total. The molecule has 0 heterocycles. The third-order valence-corrected chi connectivity index (χ3v) is 8.68. The molecule has 0 aromatic rings. The minimum absolute atomic E-state index is 0.199. The minimum atomic E-state index is 0.199. The minimum Gasteiger partial charge on any atom is -0.224 e. The van der Waals surface area contributed by atoms with Gasteiger partial charge in [0.25, 0.3) is 0 Å². The first-order valence-electron chi connectivity index (χ1n) is 10.6. The number of nitrogens with one attached hydrogen (secondary N) is 2. The van der Waals surface area contributed by atoms with Crippen LogP contribution in [0.4, 0.5) is 0 Å². The van der Waals surface area contributed by atoms with Gasteiger partial charge in [0.15, 0.2) is 0 Å². The number of hydrogen-bond donors (Lipinski definition) is 2. The van der Waals surface area contributed by atoms with Crippen molar-refractivity contribution in [3.63, 3.8) is 0 Å². The van der Waals surface area contributed by atoms with Gasteiger partial charge in [-0.3, -0.25) is 0 Å². The maximum absolute atomic E-state index is 4.88. The molecule has 0 saturated heterocycles. The zero-order valence-corrected chi connectivity index (χ0v) is 14.8. The molecule has 0 aliphatic heterocycles. The van der Waals surface area contributed by atoms with Crippen molar-refractivity contribution in [3.05, 3.63) is 0 Å². The summed E-state index contributed by atoms with van der Waals surface area (Å²) in [5.74, 6) is 5.78. The summed E-state index contributed by atoms with van der Waals surface area (Å²) < 4.78 is 0. The van der Waals surface area contributed by atoms with E-state index >= 15 is 0 Å². The Morgan fingerprint density at radius 3 is 1.46 bits per heavy atom. The van der Waals surface area contributed by atoms with E-state index in [4.69, 9.17) is 5.11 Å². The summed E-state index contributed by atoms with van der Waals surface area (Å²) in [5, 5.41) is 9.39. The molecule has 8 aliphatic carbocycles. The lowest BCUT2D eigenvalue weighted by Gasteiger charge is -2.56. The molecule has 8 bridgehead atoms. The number of hydrogen-bond acceptors (Lipinski definition) is 3. The van der Waals surface area contributed by atoms with Gasteiger partial charge in [-0.05, 0) is 113 Å². The molecule has 0 radical (unpaired) electrons. The van der Waals surface area contributed by atoms with Crippen molar-refractivity contribution >= 4 is 0 Å². The van der Waals surface area contributed by atoms with E-state index in [2.05, 4.69) is 16.2 Å². The summed E-state index contributed by atoms with van der Waals surface area (Å²) in [4.78, 5) is 0. The van der Waals surface area contributed by atoms with Gasteiger partial charge in [0.2, 0.25) is 0 Å². The van der Waals surface area contributed by atoms with Crippen LogP contribution in [0, 0.1) is 35.5 Å². The van der Waals surface area contributed by atoms with Crippen molar-refractivity contribution in [1.82, 2.24) is 11.0 Å². The van der Waals surface area contributed by atoms with E-state index in [9.17, 15) is 0 Å². The number of hydrazine groups is 1. The highest BCUT2D eigenvalue weighted by atomic mass is 15.6. The molecule has 0 unspecified atom stereocenters. The van der Waals surface area contributed by atoms with E-state index in [0.29, 0.717) is 5.54 Å². The predicted molar refractivity (Wildman–Crippen MR) is 92.9 cm³/mol. The van der Waals surface area contributed by atoms with Gasteiger partial charge in [-0.2, -0.15) is 5.11 Å². The van der Waals surface area contributed by atoms with Crippen LogP contribution in [-0.2, 0) is 0 Å². The van der Waals surface area contributed by atoms with E-state index in [1.165, 1.54) is 77.0 Å². The molecule has 4 nitrogen and oxygen atoms in total. The second-order valence-electron chi connectivity index (χ2n) is 10.8. The van der Waals surface area contributed by atoms with Crippen LogP contribution in [0.1, 0.15) is 77.0 Å². The van der Waals surface area contributed by atoms with Crippen LogP contribution in [0.15, 0.2) is 10.3 Å². The Bertz CT molecular complexity index is 483. The van der Waals surface area contributed by atoms with E-state index in [0.717, 1.165) is 35.5 Å². The Kier molecular flexibility index (Phi) is 3.00. The Hall–Kier alpha value is -0.640. The zero-order chi connectivity index (χ0) is 15.8. The van der Waals surface area contributed by atoms with Gasteiger partial charge in [-0.1, -0.05) is 5.22 Å². The first kappa shape index (κ1) is 14.5. The van der Waals surface area contributed by atoms with Gasteiger partial charge in [-0.25, -0.2) is 11.0 Å². The molecular formula is C20H32N4. The highest BCUT2D eigenvalue weighted by molar-refractivity contribution is 5.07. The normalized spacial score (nSPS) is 57.2. The Labute approximate surface area is 145 Å². The molecule has 8 saturated carbocycles. The van der Waals surface area contributed by atoms with Gasteiger partial charge in [0.05, 0.1) is 5.54 Å². The fourth-order valence-electron chi connectivity index (χ4n) is 8.73. The largest absolute Gasteiger partial charge is 0.224 e. The van der Waals surface area contributed by atoms with E-state index < -0.39 is 0 Å². The number of nitrogens with zero attached hydrogens (tertiary/aromatic N) is 2.